The summed E-state index contributed by atoms with van der Waals surface area (Å²) in [5.74, 6) is 0.511. The maximum Gasteiger partial charge on any atom is 0.223 e. The Labute approximate surface area is 151 Å². The van der Waals surface area contributed by atoms with Crippen molar-refractivity contribution in [2.24, 2.45) is 11.7 Å². The zero-order valence-electron chi connectivity index (χ0n) is 14.9. The van der Waals surface area contributed by atoms with Gasteiger partial charge >= 0.3 is 0 Å². The van der Waals surface area contributed by atoms with Crippen LogP contribution in [0.2, 0.25) is 0 Å². The zero-order chi connectivity index (χ0) is 17.0. The number of aryl methyl sites for hydroxylation is 2. The van der Waals surface area contributed by atoms with E-state index in [0.29, 0.717) is 5.92 Å². The smallest absolute Gasteiger partial charge is 0.223 e. The molecule has 0 saturated carbocycles. The molecule has 0 spiro atoms. The summed E-state index contributed by atoms with van der Waals surface area (Å²) in [4.78, 5) is 26.7. The quantitative estimate of drug-likeness (QED) is 0.827. The third-order valence-corrected chi connectivity index (χ3v) is 4.81. The standard InChI is InChI=1S/C19H28N2O2.ClH/c1-13-6-7-14(2)17(11-13)18(22)8-9-19(23)21-10-4-5-16(12-21)15(3)20;/h6-7,11,15-16H,4-5,8-10,12,20H2,1-3H3;1H. The predicted molar refractivity (Wildman–Crippen MR) is 99.7 cm³/mol. The van der Waals surface area contributed by atoms with E-state index in [1.165, 1.54) is 0 Å². The average molecular weight is 353 g/mol. The summed E-state index contributed by atoms with van der Waals surface area (Å²) in [5, 5.41) is 0. The maximum absolute atomic E-state index is 12.4. The van der Waals surface area contributed by atoms with Gasteiger partial charge in [-0.3, -0.25) is 9.59 Å². The molecule has 24 heavy (non-hydrogen) atoms. The number of nitrogens with zero attached hydrogens (tertiary/aromatic N) is 1. The Bertz CT molecular complexity index is 587. The van der Waals surface area contributed by atoms with Crippen LogP contribution in [0.25, 0.3) is 0 Å². The molecule has 1 aromatic carbocycles. The maximum atomic E-state index is 12.4. The van der Waals surface area contributed by atoms with Gasteiger partial charge in [0.05, 0.1) is 0 Å². The van der Waals surface area contributed by atoms with E-state index >= 15 is 0 Å². The highest BCUT2D eigenvalue weighted by molar-refractivity contribution is 5.99. The number of piperidine rings is 1. The zero-order valence-corrected chi connectivity index (χ0v) is 15.7. The van der Waals surface area contributed by atoms with Gasteiger partial charge in [0.1, 0.15) is 0 Å². The molecule has 0 bridgehead atoms. The van der Waals surface area contributed by atoms with Crippen molar-refractivity contribution in [2.75, 3.05) is 13.1 Å². The molecule has 2 N–H and O–H groups in total. The number of likely N-dealkylation sites (tertiary alicyclic amines) is 1. The number of amides is 1. The molecule has 1 saturated heterocycles. The van der Waals surface area contributed by atoms with Crippen molar-refractivity contribution in [3.63, 3.8) is 0 Å². The normalized spacial score (nSPS) is 18.7. The fourth-order valence-electron chi connectivity index (χ4n) is 3.22. The van der Waals surface area contributed by atoms with Crippen LogP contribution in [0.15, 0.2) is 18.2 Å². The molecule has 2 rings (SSSR count). The fourth-order valence-corrected chi connectivity index (χ4v) is 3.22. The lowest BCUT2D eigenvalue weighted by atomic mass is 9.92. The SMILES string of the molecule is Cc1ccc(C)c(C(=O)CCC(=O)N2CCCC(C(C)N)C2)c1.Cl. The number of nitrogens with two attached hydrogens (primary N) is 1. The second kappa shape index (κ2) is 9.19. The number of ketones is 1. The van der Waals surface area contributed by atoms with Gasteiger partial charge in [0.25, 0.3) is 0 Å². The van der Waals surface area contributed by atoms with Gasteiger partial charge in [-0.1, -0.05) is 17.7 Å². The molecule has 4 nitrogen and oxygen atoms in total. The van der Waals surface area contributed by atoms with Gasteiger partial charge in [0, 0.05) is 37.5 Å². The molecular formula is C19H29ClN2O2. The van der Waals surface area contributed by atoms with Crippen LogP contribution in [0.4, 0.5) is 0 Å². The number of hydrogen-bond acceptors (Lipinski definition) is 3. The van der Waals surface area contributed by atoms with Gasteiger partial charge in [-0.15, -0.1) is 12.4 Å². The first-order chi connectivity index (χ1) is 10.9. The lowest BCUT2D eigenvalue weighted by molar-refractivity contribution is -0.133. The summed E-state index contributed by atoms with van der Waals surface area (Å²) < 4.78 is 0. The van der Waals surface area contributed by atoms with E-state index in [9.17, 15) is 9.59 Å². The number of hydrogen-bond donors (Lipinski definition) is 1. The van der Waals surface area contributed by atoms with E-state index in [1.54, 1.807) is 0 Å². The number of Topliss-reactive ketones (excluding diaryl/α,β-unsaturated/α-hetero) is 1. The van der Waals surface area contributed by atoms with E-state index < -0.39 is 0 Å². The molecule has 1 aliphatic rings. The van der Waals surface area contributed by atoms with E-state index in [2.05, 4.69) is 0 Å². The third-order valence-electron chi connectivity index (χ3n) is 4.81. The molecule has 134 valence electrons. The predicted octanol–water partition coefficient (Wildman–Crippen LogP) is 3.27. The van der Waals surface area contributed by atoms with Crippen molar-refractivity contribution < 1.29 is 9.59 Å². The number of carbonyl (C=O) groups is 2. The molecule has 2 atom stereocenters. The minimum Gasteiger partial charge on any atom is -0.342 e. The molecule has 1 fully saturated rings. The summed E-state index contributed by atoms with van der Waals surface area (Å²) in [6.07, 6.45) is 2.66. The van der Waals surface area contributed by atoms with Gasteiger partial charge in [-0.2, -0.15) is 0 Å². The molecule has 0 radical (unpaired) electrons. The molecule has 1 aromatic rings. The van der Waals surface area contributed by atoms with Crippen LogP contribution in [0.3, 0.4) is 0 Å². The topological polar surface area (TPSA) is 63.4 Å². The number of benzene rings is 1. The Morgan fingerprint density at radius 3 is 2.67 bits per heavy atom. The van der Waals surface area contributed by atoms with Gasteiger partial charge in [0.15, 0.2) is 5.78 Å². The first-order valence-corrected chi connectivity index (χ1v) is 8.52. The first-order valence-electron chi connectivity index (χ1n) is 8.52. The van der Waals surface area contributed by atoms with Crippen LogP contribution in [0, 0.1) is 19.8 Å². The lowest BCUT2D eigenvalue weighted by Gasteiger charge is -2.34. The Morgan fingerprint density at radius 2 is 2.00 bits per heavy atom. The fraction of sp³-hybridized carbons (Fsp3) is 0.579. The Kier molecular flexibility index (Phi) is 7.91. The highest BCUT2D eigenvalue weighted by Crippen LogP contribution is 2.20. The minimum absolute atomic E-state index is 0. The second-order valence-corrected chi connectivity index (χ2v) is 6.84. The third kappa shape index (κ3) is 5.32. The molecule has 1 amide bonds. The highest BCUT2D eigenvalue weighted by Gasteiger charge is 2.26. The van der Waals surface area contributed by atoms with Gasteiger partial charge < -0.3 is 10.6 Å². The molecule has 2 unspecified atom stereocenters. The lowest BCUT2D eigenvalue weighted by Crippen LogP contribution is -2.45. The van der Waals surface area contributed by atoms with Crippen LogP contribution in [-0.4, -0.2) is 35.7 Å². The van der Waals surface area contributed by atoms with Crippen molar-refractivity contribution in [1.29, 1.82) is 0 Å². The number of rotatable bonds is 5. The van der Waals surface area contributed by atoms with Crippen LogP contribution >= 0.6 is 12.4 Å². The van der Waals surface area contributed by atoms with Crippen molar-refractivity contribution in [1.82, 2.24) is 4.90 Å². The summed E-state index contributed by atoms with van der Waals surface area (Å²) in [6, 6.07) is 5.98. The van der Waals surface area contributed by atoms with Crippen LogP contribution in [0.5, 0.6) is 0 Å². The van der Waals surface area contributed by atoms with Gasteiger partial charge in [0.2, 0.25) is 5.91 Å². The highest BCUT2D eigenvalue weighted by atomic mass is 35.5. The van der Waals surface area contributed by atoms with Crippen molar-refractivity contribution in [3.8, 4) is 0 Å². The van der Waals surface area contributed by atoms with Crippen molar-refractivity contribution in [2.45, 2.75) is 52.5 Å². The summed E-state index contributed by atoms with van der Waals surface area (Å²) in [5.41, 5.74) is 8.75. The molecule has 1 heterocycles. The Hall–Kier alpha value is -1.39. The molecule has 0 aliphatic carbocycles. The summed E-state index contributed by atoms with van der Waals surface area (Å²) in [7, 11) is 0. The van der Waals surface area contributed by atoms with E-state index in [4.69, 9.17) is 5.73 Å². The summed E-state index contributed by atoms with van der Waals surface area (Å²) >= 11 is 0. The van der Waals surface area contributed by atoms with E-state index in [-0.39, 0.29) is 43.0 Å². The molecule has 0 aromatic heterocycles. The minimum atomic E-state index is 0. The van der Waals surface area contributed by atoms with Crippen molar-refractivity contribution in [3.05, 3.63) is 34.9 Å². The molecule has 5 heteroatoms. The van der Waals surface area contributed by atoms with Gasteiger partial charge in [-0.05, 0) is 51.2 Å². The van der Waals surface area contributed by atoms with Crippen LogP contribution in [0.1, 0.15) is 54.1 Å². The monoisotopic (exact) mass is 352 g/mol. The van der Waals surface area contributed by atoms with Crippen LogP contribution < -0.4 is 5.73 Å². The second-order valence-electron chi connectivity index (χ2n) is 6.84. The average Bonchev–Trinajstić information content (AvgIpc) is 2.54. The molecular weight excluding hydrogens is 324 g/mol. The van der Waals surface area contributed by atoms with E-state index in [1.807, 2.05) is 43.9 Å². The largest absolute Gasteiger partial charge is 0.342 e. The Morgan fingerprint density at radius 1 is 1.29 bits per heavy atom. The first kappa shape index (κ1) is 20.7. The number of halogens is 1. The van der Waals surface area contributed by atoms with Gasteiger partial charge in [-0.25, -0.2) is 0 Å². The number of carbonyl (C=O) groups excluding carboxylic acids is 2. The summed E-state index contributed by atoms with van der Waals surface area (Å²) in [6.45, 7) is 7.44. The van der Waals surface area contributed by atoms with E-state index in [0.717, 1.165) is 42.6 Å². The molecule has 1 aliphatic heterocycles. The van der Waals surface area contributed by atoms with Crippen LogP contribution in [-0.2, 0) is 4.79 Å². The Balaban J connectivity index is 0.00000288. The van der Waals surface area contributed by atoms with Crippen molar-refractivity contribution >= 4 is 24.1 Å².